The molecular weight excluding hydrogens is 282 g/mol. The first-order valence-corrected chi connectivity index (χ1v) is 8.52. The van der Waals surface area contributed by atoms with Crippen LogP contribution < -0.4 is 5.32 Å². The van der Waals surface area contributed by atoms with Gasteiger partial charge in [-0.25, -0.2) is 9.59 Å². The van der Waals surface area contributed by atoms with Crippen molar-refractivity contribution < 1.29 is 19.1 Å². The predicted octanol–water partition coefficient (Wildman–Crippen LogP) is 3.91. The maximum absolute atomic E-state index is 12.2. The number of carbonyl (C=O) groups is 2. The van der Waals surface area contributed by atoms with Crippen molar-refractivity contribution in [3.05, 3.63) is 0 Å². The molecule has 130 valence electrons. The minimum absolute atomic E-state index is 0.00902. The van der Waals surface area contributed by atoms with Crippen LogP contribution >= 0.6 is 0 Å². The second-order valence-corrected chi connectivity index (χ2v) is 6.23. The van der Waals surface area contributed by atoms with E-state index in [9.17, 15) is 9.59 Å². The molecule has 0 heterocycles. The van der Waals surface area contributed by atoms with Crippen molar-refractivity contribution in [1.82, 2.24) is 5.32 Å². The molecule has 0 radical (unpaired) electrons. The fourth-order valence-corrected chi connectivity index (χ4v) is 1.87. The van der Waals surface area contributed by atoms with Gasteiger partial charge in [-0.2, -0.15) is 0 Å². The van der Waals surface area contributed by atoms with Crippen LogP contribution in [-0.2, 0) is 14.3 Å². The zero-order valence-corrected chi connectivity index (χ0v) is 14.8. The van der Waals surface area contributed by atoms with Crippen molar-refractivity contribution in [2.24, 2.45) is 11.8 Å². The van der Waals surface area contributed by atoms with E-state index in [-0.39, 0.29) is 17.8 Å². The summed E-state index contributed by atoms with van der Waals surface area (Å²) < 4.78 is 10.4. The highest BCUT2D eigenvalue weighted by molar-refractivity contribution is 5.81. The Morgan fingerprint density at radius 3 is 2.23 bits per heavy atom. The Morgan fingerprint density at radius 1 is 1.00 bits per heavy atom. The van der Waals surface area contributed by atoms with Gasteiger partial charge in [0.25, 0.3) is 0 Å². The molecule has 0 rings (SSSR count). The first-order valence-electron chi connectivity index (χ1n) is 8.52. The molecule has 0 aromatic rings. The molecule has 0 spiro atoms. The topological polar surface area (TPSA) is 64.6 Å². The summed E-state index contributed by atoms with van der Waals surface area (Å²) in [6.07, 6.45) is 4.44. The fourth-order valence-electron chi connectivity index (χ4n) is 1.87. The summed E-state index contributed by atoms with van der Waals surface area (Å²) >= 11 is 0. The van der Waals surface area contributed by atoms with Crippen molar-refractivity contribution in [3.8, 4) is 0 Å². The number of hydrogen-bond acceptors (Lipinski definition) is 4. The second-order valence-electron chi connectivity index (χ2n) is 6.23. The summed E-state index contributed by atoms with van der Waals surface area (Å²) in [6.45, 7) is 10.7. The molecule has 5 nitrogen and oxygen atoms in total. The lowest BCUT2D eigenvalue weighted by Crippen LogP contribution is -2.46. The van der Waals surface area contributed by atoms with E-state index in [1.54, 1.807) is 0 Å². The van der Waals surface area contributed by atoms with Crippen molar-refractivity contribution in [2.75, 3.05) is 13.2 Å². The third kappa shape index (κ3) is 9.64. The molecule has 0 aliphatic rings. The van der Waals surface area contributed by atoms with Crippen LogP contribution in [0.25, 0.3) is 0 Å². The molecule has 1 N–H and O–H groups in total. The Hall–Kier alpha value is -1.26. The largest absolute Gasteiger partial charge is 0.464 e. The molecule has 1 unspecified atom stereocenters. The highest BCUT2D eigenvalue weighted by Crippen LogP contribution is 2.11. The Balaban J connectivity index is 4.31. The number of alkyl carbamates (subject to hydrolysis) is 1. The van der Waals surface area contributed by atoms with E-state index in [0.717, 1.165) is 32.1 Å². The van der Waals surface area contributed by atoms with Crippen molar-refractivity contribution in [3.63, 3.8) is 0 Å². The highest BCUT2D eigenvalue weighted by Gasteiger charge is 2.27. The predicted molar refractivity (Wildman–Crippen MR) is 87.7 cm³/mol. The lowest BCUT2D eigenvalue weighted by Gasteiger charge is -2.22. The third-order valence-corrected chi connectivity index (χ3v) is 3.53. The Kier molecular flexibility index (Phi) is 11.6. The summed E-state index contributed by atoms with van der Waals surface area (Å²) in [5, 5.41) is 2.64. The van der Waals surface area contributed by atoms with Crippen molar-refractivity contribution in [2.45, 2.75) is 72.8 Å². The van der Waals surface area contributed by atoms with E-state index in [4.69, 9.17) is 9.47 Å². The zero-order valence-electron chi connectivity index (χ0n) is 14.8. The smallest absolute Gasteiger partial charge is 0.407 e. The average molecular weight is 315 g/mol. The lowest BCUT2D eigenvalue weighted by atomic mass is 9.99. The molecule has 0 aliphatic heterocycles. The summed E-state index contributed by atoms with van der Waals surface area (Å²) in [7, 11) is 0. The Morgan fingerprint density at radius 2 is 1.68 bits per heavy atom. The highest BCUT2D eigenvalue weighted by atomic mass is 16.6. The molecule has 0 aliphatic carbocycles. The van der Waals surface area contributed by atoms with Crippen LogP contribution in [-0.4, -0.2) is 31.3 Å². The molecule has 22 heavy (non-hydrogen) atoms. The molecule has 0 saturated heterocycles. The van der Waals surface area contributed by atoms with E-state index in [1.165, 1.54) is 0 Å². The summed E-state index contributed by atoms with van der Waals surface area (Å²) in [6, 6.07) is -0.643. The minimum atomic E-state index is -0.643. The summed E-state index contributed by atoms with van der Waals surface area (Å²) in [4.78, 5) is 23.9. The third-order valence-electron chi connectivity index (χ3n) is 3.53. The molecule has 5 heteroatoms. The van der Waals surface area contributed by atoms with Gasteiger partial charge in [-0.05, 0) is 18.3 Å². The molecule has 2 atom stereocenters. The number of unbranched alkanes of at least 4 members (excludes halogenated alkanes) is 3. The van der Waals surface area contributed by atoms with Crippen LogP contribution in [0.1, 0.15) is 66.7 Å². The number of rotatable bonds is 11. The molecule has 0 saturated carbocycles. The van der Waals surface area contributed by atoms with E-state index in [0.29, 0.717) is 13.2 Å². The monoisotopic (exact) mass is 315 g/mol. The van der Waals surface area contributed by atoms with Crippen LogP contribution in [0, 0.1) is 11.8 Å². The molecule has 0 fully saturated rings. The Bertz CT molecular complexity index is 318. The first-order chi connectivity index (χ1) is 10.4. The zero-order chi connectivity index (χ0) is 17.0. The minimum Gasteiger partial charge on any atom is -0.464 e. The molecule has 1 amide bonds. The van der Waals surface area contributed by atoms with Crippen LogP contribution in [0.15, 0.2) is 0 Å². The van der Waals surface area contributed by atoms with E-state index >= 15 is 0 Å². The average Bonchev–Trinajstić information content (AvgIpc) is 2.49. The van der Waals surface area contributed by atoms with Gasteiger partial charge in [0.05, 0.1) is 13.2 Å². The standard InChI is InChI=1S/C17H33NO4/c1-6-8-9-10-11-21-16(19)15(14(5)7-2)18-17(20)22-12-13(3)4/h13-15H,6-12H2,1-5H3,(H,18,20)/t14?,15-/m0/s1. The SMILES string of the molecule is CCCCCCOC(=O)[C@@H](NC(=O)OCC(C)C)C(C)CC. The maximum Gasteiger partial charge on any atom is 0.407 e. The molecule has 0 bridgehead atoms. The molecule has 0 aromatic heterocycles. The Labute approximate surface area is 135 Å². The van der Waals surface area contributed by atoms with Crippen LogP contribution in [0.4, 0.5) is 4.79 Å². The van der Waals surface area contributed by atoms with Gasteiger partial charge < -0.3 is 14.8 Å². The van der Waals surface area contributed by atoms with Gasteiger partial charge in [0.15, 0.2) is 0 Å². The van der Waals surface area contributed by atoms with Gasteiger partial charge in [-0.1, -0.05) is 60.3 Å². The van der Waals surface area contributed by atoms with Crippen LogP contribution in [0.5, 0.6) is 0 Å². The van der Waals surface area contributed by atoms with Gasteiger partial charge >= 0.3 is 12.1 Å². The van der Waals surface area contributed by atoms with Crippen LogP contribution in [0.2, 0.25) is 0 Å². The van der Waals surface area contributed by atoms with E-state index in [2.05, 4.69) is 12.2 Å². The van der Waals surface area contributed by atoms with E-state index in [1.807, 2.05) is 27.7 Å². The van der Waals surface area contributed by atoms with Gasteiger partial charge in [0, 0.05) is 0 Å². The quantitative estimate of drug-likeness (QED) is 0.464. The van der Waals surface area contributed by atoms with Gasteiger partial charge in [0.2, 0.25) is 0 Å². The number of nitrogens with one attached hydrogen (secondary N) is 1. The fraction of sp³-hybridized carbons (Fsp3) is 0.882. The van der Waals surface area contributed by atoms with Gasteiger partial charge in [-0.15, -0.1) is 0 Å². The number of ether oxygens (including phenoxy) is 2. The second kappa shape index (κ2) is 12.3. The van der Waals surface area contributed by atoms with Crippen molar-refractivity contribution in [1.29, 1.82) is 0 Å². The van der Waals surface area contributed by atoms with E-state index < -0.39 is 12.1 Å². The lowest BCUT2D eigenvalue weighted by molar-refractivity contribution is -0.147. The number of amides is 1. The first kappa shape index (κ1) is 20.7. The van der Waals surface area contributed by atoms with Crippen molar-refractivity contribution >= 4 is 12.1 Å². The van der Waals surface area contributed by atoms with Crippen LogP contribution in [0.3, 0.4) is 0 Å². The summed E-state index contributed by atoms with van der Waals surface area (Å²) in [5.74, 6) is -0.0968. The number of hydrogen-bond donors (Lipinski definition) is 1. The molecule has 0 aromatic carbocycles. The van der Waals surface area contributed by atoms with Gasteiger partial charge in [0.1, 0.15) is 6.04 Å². The number of esters is 1. The van der Waals surface area contributed by atoms with Gasteiger partial charge in [-0.3, -0.25) is 0 Å². The molecular formula is C17H33NO4. The normalized spacial score (nSPS) is 13.5. The maximum atomic E-state index is 12.2. The summed E-state index contributed by atoms with van der Waals surface area (Å²) in [5.41, 5.74) is 0. The number of carbonyl (C=O) groups excluding carboxylic acids is 2.